The Labute approximate surface area is 52.0 Å². The van der Waals surface area contributed by atoms with Crippen molar-refractivity contribution in [2.75, 3.05) is 0 Å². The molecule has 1 unspecified atom stereocenters. The Morgan fingerprint density at radius 2 is 2.56 bits per heavy atom. The van der Waals surface area contributed by atoms with Gasteiger partial charge < -0.3 is 10.1 Å². The molecular formula is C6H5NO2. The average molecular weight is 123 g/mol. The van der Waals surface area contributed by atoms with Crippen LogP contribution in [-0.2, 0) is 4.74 Å². The molecule has 2 rings (SSSR count). The number of rotatable bonds is 0. The van der Waals surface area contributed by atoms with Crippen LogP contribution in [0.15, 0.2) is 24.0 Å². The minimum atomic E-state index is -0.351. The summed E-state index contributed by atoms with van der Waals surface area (Å²) in [5, 5.41) is 2.60. The van der Waals surface area contributed by atoms with Gasteiger partial charge in [-0.1, -0.05) is 12.2 Å². The van der Waals surface area contributed by atoms with Crippen molar-refractivity contribution in [2.45, 2.75) is 6.04 Å². The van der Waals surface area contributed by atoms with Crippen LogP contribution in [0.3, 0.4) is 0 Å². The van der Waals surface area contributed by atoms with Crippen molar-refractivity contribution in [3.8, 4) is 0 Å². The predicted molar refractivity (Wildman–Crippen MR) is 30.6 cm³/mol. The van der Waals surface area contributed by atoms with E-state index in [2.05, 4.69) is 5.32 Å². The van der Waals surface area contributed by atoms with Gasteiger partial charge in [0, 0.05) is 0 Å². The number of ether oxygens (including phenoxy) is 1. The molecule has 1 amide bonds. The van der Waals surface area contributed by atoms with E-state index in [4.69, 9.17) is 4.74 Å². The number of hydrogen-bond acceptors (Lipinski definition) is 2. The Morgan fingerprint density at radius 3 is 3.33 bits per heavy atom. The lowest BCUT2D eigenvalue weighted by atomic mass is 10.3. The van der Waals surface area contributed by atoms with Crippen molar-refractivity contribution < 1.29 is 9.53 Å². The summed E-state index contributed by atoms with van der Waals surface area (Å²) in [5.74, 6) is 0.708. The number of amides is 1. The van der Waals surface area contributed by atoms with Crippen molar-refractivity contribution in [1.82, 2.24) is 5.32 Å². The van der Waals surface area contributed by atoms with Gasteiger partial charge in [-0.3, -0.25) is 0 Å². The molecule has 1 aliphatic heterocycles. The summed E-state index contributed by atoms with van der Waals surface area (Å²) in [7, 11) is 0. The van der Waals surface area contributed by atoms with Gasteiger partial charge in [-0.25, -0.2) is 4.79 Å². The molecule has 9 heavy (non-hydrogen) atoms. The van der Waals surface area contributed by atoms with Crippen LogP contribution in [0, 0.1) is 0 Å². The van der Waals surface area contributed by atoms with Gasteiger partial charge in [0.2, 0.25) is 0 Å². The largest absolute Gasteiger partial charge is 0.413 e. The lowest BCUT2D eigenvalue weighted by Crippen LogP contribution is -2.21. The Bertz CT molecular complexity index is 217. The molecule has 3 heteroatoms. The van der Waals surface area contributed by atoms with Crippen LogP contribution in [-0.4, -0.2) is 12.1 Å². The summed E-state index contributed by atoms with van der Waals surface area (Å²) < 4.78 is 4.73. The molecule has 0 aromatic rings. The molecule has 0 spiro atoms. The van der Waals surface area contributed by atoms with E-state index in [0.717, 1.165) is 0 Å². The molecule has 1 heterocycles. The van der Waals surface area contributed by atoms with Crippen LogP contribution in [0.1, 0.15) is 0 Å². The van der Waals surface area contributed by atoms with Crippen LogP contribution < -0.4 is 5.32 Å². The Hall–Kier alpha value is -1.25. The molecule has 1 N–H and O–H groups in total. The van der Waals surface area contributed by atoms with Gasteiger partial charge in [-0.2, -0.15) is 0 Å². The number of carbonyl (C=O) groups excluding carboxylic acids is 1. The maximum atomic E-state index is 10.4. The predicted octanol–water partition coefficient (Wildman–Crippen LogP) is 0.548. The summed E-state index contributed by atoms with van der Waals surface area (Å²) in [5.41, 5.74) is 0. The lowest BCUT2D eigenvalue weighted by Gasteiger charge is -1.93. The van der Waals surface area contributed by atoms with Crippen molar-refractivity contribution in [2.24, 2.45) is 0 Å². The molecule has 0 radical (unpaired) electrons. The molecule has 1 atom stereocenters. The van der Waals surface area contributed by atoms with Gasteiger partial charge in [0.05, 0.1) is 0 Å². The molecule has 0 saturated carbocycles. The topological polar surface area (TPSA) is 38.3 Å². The Balaban J connectivity index is 2.30. The number of hydrogen-bond donors (Lipinski definition) is 1. The molecule has 46 valence electrons. The first kappa shape index (κ1) is 4.61. The second-order valence-electron chi connectivity index (χ2n) is 1.97. The van der Waals surface area contributed by atoms with Crippen LogP contribution in [0.4, 0.5) is 4.79 Å². The maximum absolute atomic E-state index is 10.4. The molecule has 1 saturated heterocycles. The van der Waals surface area contributed by atoms with Crippen molar-refractivity contribution in [3.05, 3.63) is 24.0 Å². The van der Waals surface area contributed by atoms with Crippen molar-refractivity contribution in [3.63, 3.8) is 0 Å². The number of nitrogens with one attached hydrogen (secondary N) is 1. The summed E-state index contributed by atoms with van der Waals surface area (Å²) in [4.78, 5) is 10.4. The zero-order valence-corrected chi connectivity index (χ0v) is 4.63. The smallest absolute Gasteiger partial charge is 0.412 e. The average Bonchev–Trinajstić information content (AvgIpc) is 2.22. The van der Waals surface area contributed by atoms with E-state index in [1.807, 2.05) is 12.2 Å². The first-order valence-corrected chi connectivity index (χ1v) is 2.73. The van der Waals surface area contributed by atoms with Gasteiger partial charge in [0.1, 0.15) is 11.8 Å². The van der Waals surface area contributed by atoms with E-state index in [9.17, 15) is 4.79 Å². The highest BCUT2D eigenvalue weighted by Gasteiger charge is 2.27. The molecule has 3 nitrogen and oxygen atoms in total. The van der Waals surface area contributed by atoms with Crippen LogP contribution in [0.5, 0.6) is 0 Å². The normalized spacial score (nSPS) is 29.1. The number of allylic oxidation sites excluding steroid dienone is 2. The van der Waals surface area contributed by atoms with Crippen molar-refractivity contribution >= 4 is 6.09 Å². The molecular weight excluding hydrogens is 118 g/mol. The molecule has 0 aromatic heterocycles. The lowest BCUT2D eigenvalue weighted by molar-refractivity contribution is 0.195. The monoisotopic (exact) mass is 123 g/mol. The fourth-order valence-corrected chi connectivity index (χ4v) is 0.940. The van der Waals surface area contributed by atoms with Gasteiger partial charge in [-0.15, -0.1) is 0 Å². The number of fused-ring (bicyclic) bond motifs is 1. The number of alkyl carbamates (subject to hydrolysis) is 1. The third-order valence-corrected chi connectivity index (χ3v) is 1.35. The van der Waals surface area contributed by atoms with Gasteiger partial charge in [0.25, 0.3) is 0 Å². The highest BCUT2D eigenvalue weighted by molar-refractivity contribution is 5.74. The summed E-state index contributed by atoms with van der Waals surface area (Å²) in [6.07, 6.45) is 5.16. The molecule has 2 aliphatic rings. The minimum absolute atomic E-state index is 0.0116. The van der Waals surface area contributed by atoms with E-state index < -0.39 is 0 Å². The third-order valence-electron chi connectivity index (χ3n) is 1.35. The highest BCUT2D eigenvalue weighted by Crippen LogP contribution is 2.18. The SMILES string of the molecule is O=C1NC2C=CC=C2O1. The van der Waals surface area contributed by atoms with Gasteiger partial charge in [0.15, 0.2) is 0 Å². The Kier molecular flexibility index (Phi) is 0.704. The first-order chi connectivity index (χ1) is 4.36. The van der Waals surface area contributed by atoms with Crippen LogP contribution >= 0.6 is 0 Å². The molecule has 1 aliphatic carbocycles. The second kappa shape index (κ2) is 1.37. The first-order valence-electron chi connectivity index (χ1n) is 2.73. The van der Waals surface area contributed by atoms with Crippen LogP contribution in [0.2, 0.25) is 0 Å². The van der Waals surface area contributed by atoms with Gasteiger partial charge in [-0.05, 0) is 6.08 Å². The van der Waals surface area contributed by atoms with E-state index in [1.165, 1.54) is 0 Å². The fraction of sp³-hybridized carbons (Fsp3) is 0.167. The zero-order valence-electron chi connectivity index (χ0n) is 4.63. The summed E-state index contributed by atoms with van der Waals surface area (Å²) in [6.45, 7) is 0. The standard InChI is InChI=1S/C6H5NO2/c8-6-7-4-2-1-3-5(4)9-6/h1-4H,(H,7,8). The van der Waals surface area contributed by atoms with Crippen LogP contribution in [0.25, 0.3) is 0 Å². The molecule has 0 bridgehead atoms. The zero-order chi connectivity index (χ0) is 6.27. The van der Waals surface area contributed by atoms with Crippen molar-refractivity contribution in [1.29, 1.82) is 0 Å². The Morgan fingerprint density at radius 1 is 1.67 bits per heavy atom. The van der Waals surface area contributed by atoms with E-state index in [0.29, 0.717) is 5.76 Å². The molecule has 1 fully saturated rings. The minimum Gasteiger partial charge on any atom is -0.412 e. The quantitative estimate of drug-likeness (QED) is 0.510. The summed E-state index contributed by atoms with van der Waals surface area (Å²) >= 11 is 0. The maximum Gasteiger partial charge on any atom is 0.413 e. The number of carbonyl (C=O) groups is 1. The second-order valence-corrected chi connectivity index (χ2v) is 1.97. The third kappa shape index (κ3) is 0.543. The van der Waals surface area contributed by atoms with E-state index >= 15 is 0 Å². The molecule has 0 aromatic carbocycles. The summed E-state index contributed by atoms with van der Waals surface area (Å²) in [6, 6.07) is 0.0116. The fourth-order valence-electron chi connectivity index (χ4n) is 0.940. The van der Waals surface area contributed by atoms with E-state index in [-0.39, 0.29) is 12.1 Å². The van der Waals surface area contributed by atoms with E-state index in [1.54, 1.807) is 6.08 Å². The van der Waals surface area contributed by atoms with Gasteiger partial charge >= 0.3 is 6.09 Å². The highest BCUT2D eigenvalue weighted by atomic mass is 16.6.